The lowest BCUT2D eigenvalue weighted by Gasteiger charge is -2.26. The number of aryl methyl sites for hydroxylation is 1. The molecule has 414 valence electrons. The van der Waals surface area contributed by atoms with Gasteiger partial charge in [-0.15, -0.1) is 0 Å². The minimum Gasteiger partial charge on any atom is -0.508 e. The lowest BCUT2D eigenvalue weighted by Crippen LogP contribution is -2.56. The number of alkyl carbamates (subject to hydrolysis) is 4. The van der Waals surface area contributed by atoms with Gasteiger partial charge in [0.25, 0.3) is 0 Å². The summed E-state index contributed by atoms with van der Waals surface area (Å²) in [7, 11) is 0. The van der Waals surface area contributed by atoms with E-state index in [-0.39, 0.29) is 75.3 Å². The van der Waals surface area contributed by atoms with Crippen molar-refractivity contribution in [3.05, 3.63) is 47.5 Å². The van der Waals surface area contributed by atoms with Gasteiger partial charge in [-0.1, -0.05) is 12.1 Å². The molecule has 74 heavy (non-hydrogen) atoms. The number of aliphatic hydroxyl groups excluding tert-OH is 1. The van der Waals surface area contributed by atoms with Crippen LogP contribution in [0.3, 0.4) is 0 Å². The molecule has 23 nitrogen and oxygen atoms in total. The van der Waals surface area contributed by atoms with Crippen LogP contribution in [0.1, 0.15) is 120 Å². The van der Waals surface area contributed by atoms with E-state index in [1.807, 2.05) is 0 Å². The fraction of sp³-hybridized carbons (Fsp3) is 0.608. The highest BCUT2D eigenvalue weighted by atomic mass is 16.6. The van der Waals surface area contributed by atoms with E-state index >= 15 is 0 Å². The Hall–Kier alpha value is -7.04. The maximum atomic E-state index is 14.3. The number of amides is 8. The number of carbonyl (C=O) groups is 8. The van der Waals surface area contributed by atoms with Crippen molar-refractivity contribution in [1.29, 1.82) is 0 Å². The van der Waals surface area contributed by atoms with Crippen molar-refractivity contribution in [1.82, 2.24) is 42.5 Å². The molecule has 0 aliphatic carbocycles. The molecule has 2 rings (SSSR count). The van der Waals surface area contributed by atoms with Gasteiger partial charge in [0.2, 0.25) is 23.6 Å². The van der Waals surface area contributed by atoms with Crippen LogP contribution in [-0.2, 0) is 44.5 Å². The van der Waals surface area contributed by atoms with Gasteiger partial charge < -0.3 is 76.8 Å². The number of carbonyl (C=O) groups excluding carboxylic acids is 8. The molecule has 11 N–H and O–H groups in total. The van der Waals surface area contributed by atoms with E-state index in [2.05, 4.69) is 42.5 Å². The summed E-state index contributed by atoms with van der Waals surface area (Å²) >= 11 is 0. The van der Waals surface area contributed by atoms with Crippen molar-refractivity contribution < 1.29 is 72.6 Å². The first kappa shape index (κ1) is 63.1. The van der Waals surface area contributed by atoms with E-state index in [0.29, 0.717) is 16.7 Å². The molecule has 4 atom stereocenters. The molecule has 0 spiro atoms. The first-order valence-electron chi connectivity index (χ1n) is 24.4. The van der Waals surface area contributed by atoms with Crippen molar-refractivity contribution in [2.75, 3.05) is 32.7 Å². The summed E-state index contributed by atoms with van der Waals surface area (Å²) in [4.78, 5) is 105. The smallest absolute Gasteiger partial charge is 0.408 e. The number of ether oxygens (including phenoxy) is 4. The van der Waals surface area contributed by atoms with Crippen LogP contribution in [0, 0.1) is 6.92 Å². The third-order valence-electron chi connectivity index (χ3n) is 9.82. The zero-order chi connectivity index (χ0) is 56.2. The number of aliphatic hydroxyl groups is 1. The summed E-state index contributed by atoms with van der Waals surface area (Å²) in [6.07, 6.45) is -4.63. The number of phenolic OH excluding ortho intramolecular Hbond substituents is 2. The molecule has 0 bridgehead atoms. The lowest BCUT2D eigenvalue weighted by atomic mass is 9.97. The third kappa shape index (κ3) is 26.6. The summed E-state index contributed by atoms with van der Waals surface area (Å²) in [5.74, 6) is -3.45. The molecular weight excluding hydrogens is 965 g/mol. The average Bonchev–Trinajstić information content (AvgIpc) is 3.24. The Morgan fingerprint density at radius 2 is 0.932 bits per heavy atom. The van der Waals surface area contributed by atoms with Gasteiger partial charge in [-0.2, -0.15) is 0 Å². The quantitative estimate of drug-likeness (QED) is 0.0549. The van der Waals surface area contributed by atoms with Crippen molar-refractivity contribution in [2.45, 2.75) is 169 Å². The topological polar surface area (TPSA) is 330 Å². The van der Waals surface area contributed by atoms with Gasteiger partial charge in [0.15, 0.2) is 0 Å². The molecule has 8 amide bonds. The number of nitrogens with one attached hydrogen (secondary N) is 8. The Morgan fingerprint density at radius 1 is 0.500 bits per heavy atom. The first-order chi connectivity index (χ1) is 34.1. The Bertz CT molecular complexity index is 2250. The molecular formula is C51H80N8O15. The first-order valence-corrected chi connectivity index (χ1v) is 24.4. The van der Waals surface area contributed by atoms with Gasteiger partial charge in [-0.25, -0.2) is 19.2 Å². The molecule has 0 aromatic heterocycles. The Morgan fingerprint density at radius 3 is 1.43 bits per heavy atom. The van der Waals surface area contributed by atoms with Crippen LogP contribution in [-0.4, -0.2) is 143 Å². The van der Waals surface area contributed by atoms with Crippen LogP contribution >= 0.6 is 0 Å². The standard InChI is InChI=1S/C51H80N8O15/c1-30-24-31(18-20-38(30)61)32-19-21-39(62)33(25-32)26-37(59-47(70)74-51(11,12)13)43(66)58-36(17-15-23-53-45(68)72-49(5,6)7)42(65)55-29-40(63)57-35(16-14-22-52-44(67)71-48(2,3)4)41(64)54-27-34(60)28-56-46(69)73-50(8,9)10/h18-21,24-25,34-37,60-62H,14-17,22-23,26-29H2,1-13H3,(H,52,67)(H,53,68)(H,54,64)(H,55,65)(H,56,69)(H,57,63)(H,58,66)(H,59,70)/t34?,35-,36-,37-/m0/s1. The van der Waals surface area contributed by atoms with Gasteiger partial charge in [0, 0.05) is 32.6 Å². The maximum absolute atomic E-state index is 14.3. The van der Waals surface area contributed by atoms with E-state index in [0.717, 1.165) is 0 Å². The van der Waals surface area contributed by atoms with Crippen LogP contribution < -0.4 is 42.5 Å². The number of aromatic hydroxyl groups is 2. The highest BCUT2D eigenvalue weighted by Gasteiger charge is 2.31. The molecule has 0 aliphatic rings. The fourth-order valence-corrected chi connectivity index (χ4v) is 6.54. The SMILES string of the molecule is Cc1cc(-c2ccc(O)c(C[C@H](NC(=O)OC(C)(C)C)C(=O)N[C@@H](CCCNC(=O)OC(C)(C)C)C(=O)NCC(=O)N[C@@H](CCCNC(=O)OC(C)(C)C)C(=O)NCC(O)CNC(=O)OC(C)(C)C)c2)ccc1O. The van der Waals surface area contributed by atoms with Gasteiger partial charge >= 0.3 is 24.4 Å². The molecule has 0 radical (unpaired) electrons. The lowest BCUT2D eigenvalue weighted by molar-refractivity contribution is -0.132. The average molecular weight is 1050 g/mol. The van der Waals surface area contributed by atoms with Crippen LogP contribution in [0.15, 0.2) is 36.4 Å². The predicted molar refractivity (Wildman–Crippen MR) is 274 cm³/mol. The molecule has 2 aromatic carbocycles. The van der Waals surface area contributed by atoms with Crippen molar-refractivity contribution in [3.8, 4) is 22.6 Å². The third-order valence-corrected chi connectivity index (χ3v) is 9.82. The summed E-state index contributed by atoms with van der Waals surface area (Å²) in [5.41, 5.74) is -1.20. The van der Waals surface area contributed by atoms with Gasteiger partial charge in [-0.05, 0) is 162 Å². The van der Waals surface area contributed by atoms with E-state index in [1.54, 1.807) is 114 Å². The molecule has 0 saturated heterocycles. The molecule has 0 aliphatic heterocycles. The van der Waals surface area contributed by atoms with E-state index in [4.69, 9.17) is 18.9 Å². The second-order valence-electron chi connectivity index (χ2n) is 21.6. The van der Waals surface area contributed by atoms with Gasteiger partial charge in [-0.3, -0.25) is 19.2 Å². The van der Waals surface area contributed by atoms with E-state index in [1.165, 1.54) is 12.1 Å². The minimum atomic E-state index is -1.46. The molecule has 1 unspecified atom stereocenters. The molecule has 23 heteroatoms. The highest BCUT2D eigenvalue weighted by Crippen LogP contribution is 2.30. The number of hydrogen-bond acceptors (Lipinski definition) is 15. The summed E-state index contributed by atoms with van der Waals surface area (Å²) in [5, 5.41) is 51.8. The van der Waals surface area contributed by atoms with Crippen molar-refractivity contribution in [3.63, 3.8) is 0 Å². The molecule has 0 fully saturated rings. The minimum absolute atomic E-state index is 0.00260. The van der Waals surface area contributed by atoms with Crippen LogP contribution in [0.25, 0.3) is 11.1 Å². The summed E-state index contributed by atoms with van der Waals surface area (Å²) in [6.45, 7) is 20.4. The molecule has 0 saturated carbocycles. The van der Waals surface area contributed by atoms with Crippen LogP contribution in [0.2, 0.25) is 0 Å². The van der Waals surface area contributed by atoms with Crippen molar-refractivity contribution in [2.24, 2.45) is 0 Å². The number of benzene rings is 2. The number of hydrogen-bond donors (Lipinski definition) is 11. The summed E-state index contributed by atoms with van der Waals surface area (Å²) < 4.78 is 21.2. The zero-order valence-corrected chi connectivity index (χ0v) is 45.1. The second-order valence-corrected chi connectivity index (χ2v) is 21.6. The van der Waals surface area contributed by atoms with Gasteiger partial charge in [0.1, 0.15) is 52.0 Å². The molecule has 0 heterocycles. The Kier molecular flexibility index (Phi) is 24.2. The van der Waals surface area contributed by atoms with Crippen LogP contribution in [0.4, 0.5) is 19.2 Å². The maximum Gasteiger partial charge on any atom is 0.408 e. The zero-order valence-electron chi connectivity index (χ0n) is 45.1. The Labute approximate surface area is 433 Å². The fourth-order valence-electron chi connectivity index (χ4n) is 6.54. The highest BCUT2D eigenvalue weighted by molar-refractivity contribution is 5.94. The van der Waals surface area contributed by atoms with E-state index in [9.17, 15) is 53.7 Å². The van der Waals surface area contributed by atoms with E-state index < -0.39 is 101 Å². The monoisotopic (exact) mass is 1040 g/mol. The van der Waals surface area contributed by atoms with Crippen LogP contribution in [0.5, 0.6) is 11.5 Å². The predicted octanol–water partition coefficient (Wildman–Crippen LogP) is 4.21. The summed E-state index contributed by atoms with van der Waals surface area (Å²) in [6, 6.07) is 5.49. The van der Waals surface area contributed by atoms with Gasteiger partial charge in [0.05, 0.1) is 12.6 Å². The molecule has 2 aromatic rings. The van der Waals surface area contributed by atoms with Crippen molar-refractivity contribution >= 4 is 48.0 Å². The largest absolute Gasteiger partial charge is 0.508 e. The Balaban J connectivity index is 2.37. The number of phenols is 2. The normalized spacial score (nSPS) is 13.3. The second kappa shape index (κ2) is 28.4. The number of rotatable bonds is 23.